The molecule has 0 radical (unpaired) electrons. The summed E-state index contributed by atoms with van der Waals surface area (Å²) in [4.78, 5) is 3.03. The number of benzene rings is 1. The van der Waals surface area contributed by atoms with Crippen LogP contribution < -0.4 is 5.73 Å². The quantitative estimate of drug-likeness (QED) is 0.738. The Hall–Kier alpha value is -0.930. The van der Waals surface area contributed by atoms with E-state index in [0.717, 1.165) is 32.5 Å². The van der Waals surface area contributed by atoms with Crippen molar-refractivity contribution in [3.05, 3.63) is 35.9 Å². The first kappa shape index (κ1) is 13.1. The zero-order valence-electron chi connectivity index (χ0n) is 9.86. The first-order valence-electron chi connectivity index (χ1n) is 5.77. The zero-order valence-corrected chi connectivity index (χ0v) is 10.7. The average Bonchev–Trinajstić information content (AvgIpc) is 2.28. The summed E-state index contributed by atoms with van der Waals surface area (Å²) in [6, 6.07) is 10.5. The van der Waals surface area contributed by atoms with Gasteiger partial charge in [0.15, 0.2) is 0 Å². The SMILES string of the molecule is CCN(CCCC(N)=S)Cc1ccccc1. The molecule has 2 N–H and O–H groups in total. The molecule has 0 saturated heterocycles. The van der Waals surface area contributed by atoms with Gasteiger partial charge in [0.25, 0.3) is 0 Å². The largest absolute Gasteiger partial charge is 0.393 e. The van der Waals surface area contributed by atoms with E-state index < -0.39 is 0 Å². The normalized spacial score (nSPS) is 10.6. The van der Waals surface area contributed by atoms with Crippen LogP contribution in [0.2, 0.25) is 0 Å². The third-order valence-electron chi connectivity index (χ3n) is 2.59. The van der Waals surface area contributed by atoms with Crippen molar-refractivity contribution in [2.45, 2.75) is 26.3 Å². The second-order valence-electron chi connectivity index (χ2n) is 3.92. The van der Waals surface area contributed by atoms with Crippen molar-refractivity contribution >= 4 is 17.2 Å². The van der Waals surface area contributed by atoms with Crippen molar-refractivity contribution < 1.29 is 0 Å². The number of hydrogen-bond acceptors (Lipinski definition) is 2. The van der Waals surface area contributed by atoms with Crippen LogP contribution in [0.15, 0.2) is 30.3 Å². The molecule has 0 aliphatic carbocycles. The molecule has 0 atom stereocenters. The van der Waals surface area contributed by atoms with Crippen LogP contribution in [0.5, 0.6) is 0 Å². The molecule has 0 unspecified atom stereocenters. The standard InChI is InChI=1S/C13H20N2S/c1-2-15(10-6-9-13(14)16)11-12-7-4-3-5-8-12/h3-5,7-8H,2,6,9-11H2,1H3,(H2,14,16). The second-order valence-corrected chi connectivity index (χ2v) is 4.45. The highest BCUT2D eigenvalue weighted by atomic mass is 32.1. The number of hydrogen-bond donors (Lipinski definition) is 1. The van der Waals surface area contributed by atoms with Gasteiger partial charge in [-0.15, -0.1) is 0 Å². The van der Waals surface area contributed by atoms with Crippen molar-refractivity contribution in [1.82, 2.24) is 4.90 Å². The molecule has 2 nitrogen and oxygen atoms in total. The molecule has 0 amide bonds. The molecule has 0 saturated carbocycles. The Morgan fingerprint density at radius 3 is 2.56 bits per heavy atom. The van der Waals surface area contributed by atoms with Crippen LogP contribution in [0.4, 0.5) is 0 Å². The summed E-state index contributed by atoms with van der Waals surface area (Å²) in [5, 5.41) is 0. The Labute approximate surface area is 103 Å². The van der Waals surface area contributed by atoms with Gasteiger partial charge in [-0.2, -0.15) is 0 Å². The Kier molecular flexibility index (Phi) is 6.04. The third kappa shape index (κ3) is 5.24. The molecule has 0 aliphatic rings. The number of rotatable bonds is 7. The van der Waals surface area contributed by atoms with E-state index in [9.17, 15) is 0 Å². The average molecular weight is 236 g/mol. The van der Waals surface area contributed by atoms with E-state index >= 15 is 0 Å². The maximum atomic E-state index is 5.49. The maximum absolute atomic E-state index is 5.49. The molecular weight excluding hydrogens is 216 g/mol. The van der Waals surface area contributed by atoms with Crippen LogP contribution in [0.3, 0.4) is 0 Å². The van der Waals surface area contributed by atoms with Crippen molar-refractivity contribution in [1.29, 1.82) is 0 Å². The molecule has 0 aliphatic heterocycles. The second kappa shape index (κ2) is 7.36. The summed E-state index contributed by atoms with van der Waals surface area (Å²) >= 11 is 4.87. The van der Waals surface area contributed by atoms with Crippen LogP contribution in [0.25, 0.3) is 0 Å². The van der Waals surface area contributed by atoms with Gasteiger partial charge in [0, 0.05) is 6.54 Å². The first-order chi connectivity index (χ1) is 7.72. The summed E-state index contributed by atoms with van der Waals surface area (Å²) in [7, 11) is 0. The van der Waals surface area contributed by atoms with Crippen LogP contribution >= 0.6 is 12.2 Å². The van der Waals surface area contributed by atoms with Gasteiger partial charge in [-0.3, -0.25) is 4.90 Å². The van der Waals surface area contributed by atoms with Gasteiger partial charge in [0.05, 0.1) is 4.99 Å². The molecule has 3 heteroatoms. The van der Waals surface area contributed by atoms with E-state index in [0.29, 0.717) is 4.99 Å². The molecule has 0 aromatic heterocycles. The molecule has 0 spiro atoms. The van der Waals surface area contributed by atoms with Crippen molar-refractivity contribution in [3.63, 3.8) is 0 Å². The van der Waals surface area contributed by atoms with Gasteiger partial charge < -0.3 is 5.73 Å². The smallest absolute Gasteiger partial charge is 0.0727 e. The molecule has 1 aromatic rings. The van der Waals surface area contributed by atoms with E-state index in [1.54, 1.807) is 0 Å². The van der Waals surface area contributed by atoms with Crippen LogP contribution in [-0.4, -0.2) is 23.0 Å². The minimum atomic E-state index is 0.621. The minimum Gasteiger partial charge on any atom is -0.393 e. The first-order valence-corrected chi connectivity index (χ1v) is 6.17. The lowest BCUT2D eigenvalue weighted by Gasteiger charge is -2.20. The predicted octanol–water partition coefficient (Wildman–Crippen LogP) is 2.57. The van der Waals surface area contributed by atoms with E-state index in [4.69, 9.17) is 18.0 Å². The van der Waals surface area contributed by atoms with Crippen molar-refractivity contribution in [2.75, 3.05) is 13.1 Å². The van der Waals surface area contributed by atoms with Gasteiger partial charge in [0.2, 0.25) is 0 Å². The van der Waals surface area contributed by atoms with Crippen LogP contribution in [0.1, 0.15) is 25.3 Å². The van der Waals surface area contributed by atoms with E-state index in [1.165, 1.54) is 5.56 Å². The number of nitrogens with zero attached hydrogens (tertiary/aromatic N) is 1. The monoisotopic (exact) mass is 236 g/mol. The Balaban J connectivity index is 2.34. The van der Waals surface area contributed by atoms with Gasteiger partial charge in [-0.25, -0.2) is 0 Å². The fraction of sp³-hybridized carbons (Fsp3) is 0.462. The fourth-order valence-corrected chi connectivity index (χ4v) is 1.81. The van der Waals surface area contributed by atoms with E-state index in [-0.39, 0.29) is 0 Å². The molecule has 0 bridgehead atoms. The van der Waals surface area contributed by atoms with E-state index in [2.05, 4.69) is 36.1 Å². The highest BCUT2D eigenvalue weighted by Crippen LogP contribution is 2.05. The molecule has 1 aromatic carbocycles. The third-order valence-corrected chi connectivity index (χ3v) is 2.80. The summed E-state index contributed by atoms with van der Waals surface area (Å²) in [6.45, 7) is 5.31. The number of thiocarbonyl (C=S) groups is 1. The lowest BCUT2D eigenvalue weighted by atomic mass is 10.2. The predicted molar refractivity (Wildman–Crippen MR) is 73.4 cm³/mol. The summed E-state index contributed by atoms with van der Waals surface area (Å²) < 4.78 is 0. The molecule has 0 heterocycles. The highest BCUT2D eigenvalue weighted by molar-refractivity contribution is 7.80. The van der Waals surface area contributed by atoms with E-state index in [1.807, 2.05) is 6.07 Å². The van der Waals surface area contributed by atoms with Crippen molar-refractivity contribution in [2.24, 2.45) is 5.73 Å². The Morgan fingerprint density at radius 2 is 2.00 bits per heavy atom. The summed E-state index contributed by atoms with van der Waals surface area (Å²) in [6.07, 6.45) is 1.90. The zero-order chi connectivity index (χ0) is 11.8. The van der Waals surface area contributed by atoms with Crippen LogP contribution in [0, 0.1) is 0 Å². The maximum Gasteiger partial charge on any atom is 0.0727 e. The highest BCUT2D eigenvalue weighted by Gasteiger charge is 2.03. The Bertz CT molecular complexity index is 311. The lowest BCUT2D eigenvalue weighted by molar-refractivity contribution is 0.278. The van der Waals surface area contributed by atoms with Gasteiger partial charge in [0.1, 0.15) is 0 Å². The summed E-state index contributed by atoms with van der Waals surface area (Å²) in [5.74, 6) is 0. The summed E-state index contributed by atoms with van der Waals surface area (Å²) in [5.41, 5.74) is 6.85. The fourth-order valence-electron chi connectivity index (χ4n) is 1.67. The molecule has 88 valence electrons. The molecular formula is C13H20N2S. The van der Waals surface area contributed by atoms with Crippen molar-refractivity contribution in [3.8, 4) is 0 Å². The molecule has 1 rings (SSSR count). The van der Waals surface area contributed by atoms with Gasteiger partial charge in [-0.05, 0) is 31.5 Å². The topological polar surface area (TPSA) is 29.3 Å². The molecule has 16 heavy (non-hydrogen) atoms. The number of nitrogens with two attached hydrogens (primary N) is 1. The minimum absolute atomic E-state index is 0.621. The molecule has 0 fully saturated rings. The Morgan fingerprint density at radius 1 is 1.31 bits per heavy atom. The van der Waals surface area contributed by atoms with Gasteiger partial charge >= 0.3 is 0 Å². The lowest BCUT2D eigenvalue weighted by Crippen LogP contribution is -2.25. The van der Waals surface area contributed by atoms with Crippen LogP contribution in [-0.2, 0) is 6.54 Å². The van der Waals surface area contributed by atoms with Gasteiger partial charge in [-0.1, -0.05) is 49.5 Å².